The molecular formula is C13H19FOS. The fourth-order valence-electron chi connectivity index (χ4n) is 1.48. The first-order valence-electron chi connectivity index (χ1n) is 5.79. The fraction of sp³-hybridized carbons (Fsp3) is 0.538. The zero-order valence-electron chi connectivity index (χ0n) is 9.71. The Morgan fingerprint density at radius 3 is 2.81 bits per heavy atom. The Balaban J connectivity index is 2.23. The Kier molecular flexibility index (Phi) is 6.50. The van der Waals surface area contributed by atoms with E-state index in [0.717, 1.165) is 23.5 Å². The Morgan fingerprint density at radius 2 is 2.06 bits per heavy atom. The van der Waals surface area contributed by atoms with Crippen molar-refractivity contribution in [3.8, 4) is 0 Å². The lowest BCUT2D eigenvalue weighted by atomic mass is 10.2. The number of hydrogen-bond acceptors (Lipinski definition) is 2. The molecule has 0 radical (unpaired) electrons. The molecule has 3 heteroatoms. The van der Waals surface area contributed by atoms with Gasteiger partial charge in [-0.15, -0.1) is 12.6 Å². The number of rotatable bonds is 7. The molecule has 90 valence electrons. The first kappa shape index (κ1) is 13.5. The summed E-state index contributed by atoms with van der Waals surface area (Å²) in [6.07, 6.45) is 4.75. The third kappa shape index (κ3) is 4.99. The van der Waals surface area contributed by atoms with Gasteiger partial charge >= 0.3 is 0 Å². The molecule has 0 aliphatic carbocycles. The molecule has 1 nitrogen and oxygen atoms in total. The van der Waals surface area contributed by atoms with Crippen LogP contribution in [0.4, 0.5) is 4.39 Å². The highest BCUT2D eigenvalue weighted by atomic mass is 32.1. The first-order valence-corrected chi connectivity index (χ1v) is 6.24. The highest BCUT2D eigenvalue weighted by molar-refractivity contribution is 7.80. The number of unbranched alkanes of at least 4 members (excludes halogenated alkanes) is 3. The van der Waals surface area contributed by atoms with Crippen molar-refractivity contribution in [3.05, 3.63) is 29.6 Å². The van der Waals surface area contributed by atoms with E-state index in [4.69, 9.17) is 4.74 Å². The molecule has 0 unspecified atom stereocenters. The predicted octanol–water partition coefficient (Wildman–Crippen LogP) is 4.21. The number of benzene rings is 1. The molecule has 1 aromatic carbocycles. The molecule has 0 fully saturated rings. The maximum absolute atomic E-state index is 12.9. The molecule has 0 saturated heterocycles. The minimum Gasteiger partial charge on any atom is -0.377 e. The average molecular weight is 242 g/mol. The molecule has 0 amide bonds. The van der Waals surface area contributed by atoms with E-state index in [1.54, 1.807) is 6.07 Å². The van der Waals surface area contributed by atoms with Crippen LogP contribution in [0.25, 0.3) is 0 Å². The van der Waals surface area contributed by atoms with E-state index in [2.05, 4.69) is 19.6 Å². The average Bonchev–Trinajstić information content (AvgIpc) is 2.28. The fourth-order valence-corrected chi connectivity index (χ4v) is 1.69. The van der Waals surface area contributed by atoms with Gasteiger partial charge < -0.3 is 4.74 Å². The largest absolute Gasteiger partial charge is 0.377 e. The van der Waals surface area contributed by atoms with Crippen molar-refractivity contribution in [2.45, 2.75) is 44.1 Å². The Labute approximate surface area is 102 Å². The van der Waals surface area contributed by atoms with E-state index in [1.165, 1.54) is 31.4 Å². The van der Waals surface area contributed by atoms with Crippen molar-refractivity contribution in [3.63, 3.8) is 0 Å². The number of halogens is 1. The Morgan fingerprint density at radius 1 is 1.25 bits per heavy atom. The van der Waals surface area contributed by atoms with Gasteiger partial charge in [-0.2, -0.15) is 0 Å². The van der Waals surface area contributed by atoms with Crippen LogP contribution in [-0.4, -0.2) is 6.61 Å². The summed E-state index contributed by atoms with van der Waals surface area (Å²) in [7, 11) is 0. The van der Waals surface area contributed by atoms with E-state index in [0.29, 0.717) is 6.61 Å². The normalized spacial score (nSPS) is 10.7. The van der Waals surface area contributed by atoms with Gasteiger partial charge in [0, 0.05) is 11.5 Å². The molecule has 0 aliphatic heterocycles. The van der Waals surface area contributed by atoms with Crippen LogP contribution in [0.15, 0.2) is 23.1 Å². The van der Waals surface area contributed by atoms with Crippen LogP contribution in [0.3, 0.4) is 0 Å². The van der Waals surface area contributed by atoms with Crippen molar-refractivity contribution < 1.29 is 9.13 Å². The number of thiol groups is 1. The SMILES string of the molecule is CCCCCCOCc1cc(F)ccc1S. The molecule has 0 bridgehead atoms. The van der Waals surface area contributed by atoms with Crippen LogP contribution < -0.4 is 0 Å². The molecule has 0 aromatic heterocycles. The third-order valence-corrected chi connectivity index (χ3v) is 2.88. The minimum absolute atomic E-state index is 0.234. The van der Waals surface area contributed by atoms with E-state index in [1.807, 2.05) is 0 Å². The van der Waals surface area contributed by atoms with Crippen LogP contribution >= 0.6 is 12.6 Å². The molecule has 1 rings (SSSR count). The topological polar surface area (TPSA) is 9.23 Å². The highest BCUT2D eigenvalue weighted by Crippen LogP contribution is 2.16. The first-order chi connectivity index (χ1) is 7.74. The second-order valence-corrected chi connectivity index (χ2v) is 4.37. The van der Waals surface area contributed by atoms with E-state index in [-0.39, 0.29) is 5.82 Å². The standard InChI is InChI=1S/C13H19FOS/c1-2-3-4-5-8-15-10-11-9-12(14)6-7-13(11)16/h6-7,9,16H,2-5,8,10H2,1H3. The zero-order chi connectivity index (χ0) is 11.8. The van der Waals surface area contributed by atoms with Gasteiger partial charge in [-0.3, -0.25) is 0 Å². The van der Waals surface area contributed by atoms with Crippen molar-refractivity contribution in [2.75, 3.05) is 6.61 Å². The Hall–Kier alpha value is -0.540. The summed E-state index contributed by atoms with van der Waals surface area (Å²) in [4.78, 5) is 0.787. The van der Waals surface area contributed by atoms with Gasteiger partial charge in [-0.05, 0) is 30.2 Å². The summed E-state index contributed by atoms with van der Waals surface area (Å²) in [5.41, 5.74) is 0.818. The van der Waals surface area contributed by atoms with Crippen LogP contribution in [-0.2, 0) is 11.3 Å². The molecule has 0 heterocycles. The molecule has 0 saturated carbocycles. The van der Waals surface area contributed by atoms with Gasteiger partial charge in [0.05, 0.1) is 6.61 Å². The number of ether oxygens (including phenoxy) is 1. The second-order valence-electron chi connectivity index (χ2n) is 3.89. The minimum atomic E-state index is -0.234. The lowest BCUT2D eigenvalue weighted by molar-refractivity contribution is 0.115. The van der Waals surface area contributed by atoms with Gasteiger partial charge in [0.2, 0.25) is 0 Å². The lowest BCUT2D eigenvalue weighted by Gasteiger charge is -2.06. The summed E-state index contributed by atoms with van der Waals surface area (Å²) in [6.45, 7) is 3.37. The summed E-state index contributed by atoms with van der Waals surface area (Å²) >= 11 is 4.26. The van der Waals surface area contributed by atoms with Gasteiger partial charge in [-0.25, -0.2) is 4.39 Å². The van der Waals surface area contributed by atoms with Crippen molar-refractivity contribution >= 4 is 12.6 Å². The molecule has 0 atom stereocenters. The van der Waals surface area contributed by atoms with Gasteiger partial charge in [-0.1, -0.05) is 26.2 Å². The predicted molar refractivity (Wildman–Crippen MR) is 67.5 cm³/mol. The maximum Gasteiger partial charge on any atom is 0.123 e. The van der Waals surface area contributed by atoms with E-state index >= 15 is 0 Å². The highest BCUT2D eigenvalue weighted by Gasteiger charge is 2.01. The lowest BCUT2D eigenvalue weighted by Crippen LogP contribution is -1.97. The molecule has 0 aliphatic rings. The van der Waals surface area contributed by atoms with Crippen LogP contribution in [0.1, 0.15) is 38.2 Å². The molecule has 1 aromatic rings. The summed E-state index contributed by atoms with van der Waals surface area (Å²) in [5.74, 6) is -0.234. The molecular weight excluding hydrogens is 223 g/mol. The van der Waals surface area contributed by atoms with Gasteiger partial charge in [0.15, 0.2) is 0 Å². The molecule has 0 spiro atoms. The van der Waals surface area contributed by atoms with Gasteiger partial charge in [0.1, 0.15) is 5.82 Å². The smallest absolute Gasteiger partial charge is 0.123 e. The van der Waals surface area contributed by atoms with Crippen molar-refractivity contribution in [2.24, 2.45) is 0 Å². The summed E-state index contributed by atoms with van der Waals surface area (Å²) < 4.78 is 18.4. The summed E-state index contributed by atoms with van der Waals surface area (Å²) in [5, 5.41) is 0. The van der Waals surface area contributed by atoms with E-state index in [9.17, 15) is 4.39 Å². The number of hydrogen-bond donors (Lipinski definition) is 1. The maximum atomic E-state index is 12.9. The van der Waals surface area contributed by atoms with Crippen molar-refractivity contribution in [1.82, 2.24) is 0 Å². The molecule has 16 heavy (non-hydrogen) atoms. The van der Waals surface area contributed by atoms with E-state index < -0.39 is 0 Å². The molecule has 0 N–H and O–H groups in total. The Bertz CT molecular complexity index is 315. The van der Waals surface area contributed by atoms with Gasteiger partial charge in [0.25, 0.3) is 0 Å². The quantitative estimate of drug-likeness (QED) is 0.556. The van der Waals surface area contributed by atoms with Crippen LogP contribution in [0.5, 0.6) is 0 Å². The third-order valence-electron chi connectivity index (χ3n) is 2.44. The monoisotopic (exact) mass is 242 g/mol. The summed E-state index contributed by atoms with van der Waals surface area (Å²) in [6, 6.07) is 4.55. The van der Waals surface area contributed by atoms with Crippen LogP contribution in [0.2, 0.25) is 0 Å². The van der Waals surface area contributed by atoms with Crippen LogP contribution in [0, 0.1) is 5.82 Å². The van der Waals surface area contributed by atoms with Crippen molar-refractivity contribution in [1.29, 1.82) is 0 Å². The zero-order valence-corrected chi connectivity index (χ0v) is 10.6. The second kappa shape index (κ2) is 7.69.